The number of hydrogen-bond acceptors (Lipinski definition) is 6. The van der Waals surface area contributed by atoms with Crippen molar-refractivity contribution in [1.82, 2.24) is 4.98 Å². The van der Waals surface area contributed by atoms with E-state index in [4.69, 9.17) is 5.11 Å². The first-order valence-electron chi connectivity index (χ1n) is 9.78. The summed E-state index contributed by atoms with van der Waals surface area (Å²) in [7, 11) is 0. The number of carboxylic acids is 1. The minimum Gasteiger partial charge on any atom is -0.481 e. The Bertz CT molecular complexity index is 551. The summed E-state index contributed by atoms with van der Waals surface area (Å²) >= 11 is 5.05. The van der Waals surface area contributed by atoms with E-state index >= 15 is 0 Å². The maximum Gasteiger partial charge on any atom is 0.313 e. The number of carbonyl (C=O) groups is 1. The van der Waals surface area contributed by atoms with Crippen molar-refractivity contribution >= 4 is 46.0 Å². The van der Waals surface area contributed by atoms with Gasteiger partial charge in [0.25, 0.3) is 0 Å². The fraction of sp³-hybridized carbons (Fsp3) is 0.789. The molecule has 3 rings (SSSR count). The molecule has 7 heteroatoms. The smallest absolute Gasteiger partial charge is 0.313 e. The van der Waals surface area contributed by atoms with E-state index in [-0.39, 0.29) is 5.75 Å². The maximum atomic E-state index is 10.7. The summed E-state index contributed by atoms with van der Waals surface area (Å²) in [5, 5.41) is 13.5. The number of anilines is 1. The van der Waals surface area contributed by atoms with Crippen LogP contribution in [0.3, 0.4) is 0 Å². The Kier molecular flexibility index (Phi) is 8.00. The number of nitrogens with one attached hydrogen (secondary N) is 1. The van der Waals surface area contributed by atoms with Gasteiger partial charge in [-0.05, 0) is 49.0 Å². The zero-order valence-corrected chi connectivity index (χ0v) is 17.9. The highest BCUT2D eigenvalue weighted by molar-refractivity contribution is 8.01. The lowest BCUT2D eigenvalue weighted by Gasteiger charge is -2.41. The van der Waals surface area contributed by atoms with Crippen LogP contribution in [0.5, 0.6) is 0 Å². The van der Waals surface area contributed by atoms with Gasteiger partial charge in [0, 0.05) is 6.04 Å². The van der Waals surface area contributed by atoms with E-state index in [9.17, 15) is 4.79 Å². The second-order valence-corrected chi connectivity index (χ2v) is 11.1. The molecule has 4 nitrogen and oxygen atoms in total. The summed E-state index contributed by atoms with van der Waals surface area (Å²) in [4.78, 5) is 15.2. The van der Waals surface area contributed by atoms with Gasteiger partial charge in [-0.3, -0.25) is 4.79 Å². The molecule has 2 aliphatic rings. The molecule has 1 aromatic heterocycles. The lowest BCUT2D eigenvalue weighted by Crippen LogP contribution is -2.39. The van der Waals surface area contributed by atoms with Gasteiger partial charge in [-0.25, -0.2) is 4.98 Å². The fourth-order valence-electron chi connectivity index (χ4n) is 4.64. The van der Waals surface area contributed by atoms with Crippen LogP contribution in [0.25, 0.3) is 0 Å². The van der Waals surface area contributed by atoms with Gasteiger partial charge in [-0.15, -0.1) is 11.8 Å². The summed E-state index contributed by atoms with van der Waals surface area (Å²) in [6, 6.07) is 0.426. The monoisotopic (exact) mass is 414 g/mol. The molecule has 2 atom stereocenters. The Morgan fingerprint density at radius 1 is 1.27 bits per heavy atom. The van der Waals surface area contributed by atoms with Crippen molar-refractivity contribution in [2.24, 2.45) is 17.8 Å². The molecule has 0 bridgehead atoms. The molecular formula is C19H30N2O2S3. The molecule has 2 heterocycles. The van der Waals surface area contributed by atoms with Crippen LogP contribution in [0.15, 0.2) is 10.4 Å². The third kappa shape index (κ3) is 5.80. The van der Waals surface area contributed by atoms with E-state index in [1.165, 1.54) is 68.2 Å². The summed E-state index contributed by atoms with van der Waals surface area (Å²) in [6.45, 7) is 2.34. The Morgan fingerprint density at radius 2 is 1.96 bits per heavy atom. The first-order chi connectivity index (χ1) is 12.6. The fourth-order valence-corrected chi connectivity index (χ4v) is 7.47. The van der Waals surface area contributed by atoms with Gasteiger partial charge in [-0.1, -0.05) is 43.4 Å². The van der Waals surface area contributed by atoms with Gasteiger partial charge < -0.3 is 10.4 Å². The molecule has 2 N–H and O–H groups in total. The number of aliphatic carboxylic acids is 1. The van der Waals surface area contributed by atoms with Crippen molar-refractivity contribution in [2.75, 3.05) is 22.6 Å². The summed E-state index contributed by atoms with van der Waals surface area (Å²) in [5.41, 5.74) is 0. The Labute approximate surface area is 169 Å². The van der Waals surface area contributed by atoms with Crippen LogP contribution in [-0.2, 0) is 4.79 Å². The molecule has 146 valence electrons. The van der Waals surface area contributed by atoms with E-state index in [0.717, 1.165) is 27.1 Å². The van der Waals surface area contributed by atoms with Gasteiger partial charge in [-0.2, -0.15) is 11.8 Å². The number of thioether (sulfide) groups is 2. The molecule has 1 saturated carbocycles. The number of rotatable bonds is 8. The van der Waals surface area contributed by atoms with Crippen molar-refractivity contribution < 1.29 is 9.90 Å². The van der Waals surface area contributed by atoms with Gasteiger partial charge in [0.15, 0.2) is 5.13 Å². The van der Waals surface area contributed by atoms with Crippen LogP contribution < -0.4 is 5.32 Å². The molecular weight excluding hydrogens is 384 g/mol. The molecule has 0 spiro atoms. The highest BCUT2D eigenvalue weighted by Crippen LogP contribution is 2.42. The molecule has 2 unspecified atom stereocenters. The van der Waals surface area contributed by atoms with Crippen LogP contribution in [0.4, 0.5) is 5.13 Å². The van der Waals surface area contributed by atoms with Crippen LogP contribution in [0.1, 0.15) is 51.9 Å². The molecule has 1 aromatic rings. The number of hydrogen-bond donors (Lipinski definition) is 2. The topological polar surface area (TPSA) is 62.2 Å². The second kappa shape index (κ2) is 10.2. The van der Waals surface area contributed by atoms with Gasteiger partial charge in [0.05, 0.1) is 16.2 Å². The molecule has 0 amide bonds. The Balaban J connectivity index is 1.64. The predicted molar refractivity (Wildman–Crippen MR) is 114 cm³/mol. The van der Waals surface area contributed by atoms with Gasteiger partial charge in [0.1, 0.15) is 0 Å². The Morgan fingerprint density at radius 3 is 2.65 bits per heavy atom. The van der Waals surface area contributed by atoms with Crippen molar-refractivity contribution in [1.29, 1.82) is 0 Å². The molecule has 26 heavy (non-hydrogen) atoms. The van der Waals surface area contributed by atoms with Crippen molar-refractivity contribution in [3.63, 3.8) is 0 Å². The predicted octanol–water partition coefficient (Wildman–Crippen LogP) is 5.46. The van der Waals surface area contributed by atoms with E-state index in [2.05, 4.69) is 29.0 Å². The van der Waals surface area contributed by atoms with Crippen LogP contribution in [-0.4, -0.2) is 39.4 Å². The van der Waals surface area contributed by atoms with E-state index in [1.54, 1.807) is 17.5 Å². The largest absolute Gasteiger partial charge is 0.481 e. The molecule has 0 radical (unpaired) electrons. The van der Waals surface area contributed by atoms with Gasteiger partial charge in [0.2, 0.25) is 0 Å². The van der Waals surface area contributed by atoms with Crippen molar-refractivity contribution in [3.8, 4) is 0 Å². The molecule has 1 saturated heterocycles. The maximum absolute atomic E-state index is 10.7. The van der Waals surface area contributed by atoms with E-state index in [1.807, 2.05) is 0 Å². The van der Waals surface area contributed by atoms with Crippen molar-refractivity contribution in [3.05, 3.63) is 6.20 Å². The first-order valence-corrected chi connectivity index (χ1v) is 12.7. The van der Waals surface area contributed by atoms with Crippen molar-refractivity contribution in [2.45, 2.75) is 62.1 Å². The zero-order valence-electron chi connectivity index (χ0n) is 15.5. The highest BCUT2D eigenvalue weighted by Gasteiger charge is 2.35. The van der Waals surface area contributed by atoms with Crippen LogP contribution >= 0.6 is 34.9 Å². The molecule has 1 aliphatic heterocycles. The average Bonchev–Trinajstić information content (AvgIpc) is 3.09. The molecule has 1 aliphatic carbocycles. The average molecular weight is 415 g/mol. The first kappa shape index (κ1) is 20.3. The SMILES string of the molecule is CC(Nc1ncc(SCC(=O)O)s1)C(C1CCCCC1)C1CCSCC1. The highest BCUT2D eigenvalue weighted by atomic mass is 32.2. The number of aromatic nitrogens is 1. The number of thiazole rings is 1. The van der Waals surface area contributed by atoms with E-state index in [0.29, 0.717) is 6.04 Å². The van der Waals surface area contributed by atoms with E-state index < -0.39 is 5.97 Å². The normalized spacial score (nSPS) is 22.0. The molecule has 2 fully saturated rings. The summed E-state index contributed by atoms with van der Waals surface area (Å²) in [5.74, 6) is 4.36. The third-order valence-electron chi connectivity index (χ3n) is 5.76. The lowest BCUT2D eigenvalue weighted by molar-refractivity contribution is -0.133. The zero-order chi connectivity index (χ0) is 18.4. The second-order valence-electron chi connectivity index (χ2n) is 7.53. The number of nitrogens with zero attached hydrogens (tertiary/aromatic N) is 1. The minimum absolute atomic E-state index is 0.0988. The minimum atomic E-state index is -0.779. The lowest BCUT2D eigenvalue weighted by atomic mass is 9.69. The third-order valence-corrected chi connectivity index (χ3v) is 8.91. The van der Waals surface area contributed by atoms with Crippen LogP contribution in [0, 0.1) is 17.8 Å². The number of carboxylic acid groups (broad SMARTS) is 1. The summed E-state index contributed by atoms with van der Waals surface area (Å²) in [6.07, 6.45) is 11.5. The molecule has 0 aromatic carbocycles. The standard InChI is InChI=1S/C19H30N2O2S3/c1-13(21-19-20-11-17(26-19)25-12-16(22)23)18(14-5-3-2-4-6-14)15-7-9-24-10-8-15/h11,13-15,18H,2-10,12H2,1H3,(H,20,21)(H,22,23). The van der Waals surface area contributed by atoms with Gasteiger partial charge >= 0.3 is 5.97 Å². The quantitative estimate of drug-likeness (QED) is 0.551. The Hall–Kier alpha value is -0.400. The summed E-state index contributed by atoms with van der Waals surface area (Å²) < 4.78 is 0.977. The van der Waals surface area contributed by atoms with Crippen LogP contribution in [0.2, 0.25) is 0 Å².